The molecule has 9 heteroatoms. The van der Waals surface area contributed by atoms with Crippen LogP contribution < -0.4 is 4.72 Å². The third kappa shape index (κ3) is 4.75. The third-order valence-electron chi connectivity index (χ3n) is 2.31. The van der Waals surface area contributed by atoms with Gasteiger partial charge in [0.05, 0.1) is 3.79 Å². The van der Waals surface area contributed by atoms with Gasteiger partial charge in [-0.05, 0) is 52.9 Å². The van der Waals surface area contributed by atoms with Crippen molar-refractivity contribution in [3.8, 4) is 0 Å². The van der Waals surface area contributed by atoms with Crippen LogP contribution in [0.4, 0.5) is 0 Å². The molecule has 0 saturated carbocycles. The lowest BCUT2D eigenvalue weighted by Gasteiger charge is -2.13. The second-order valence-corrected chi connectivity index (χ2v) is 9.11. The molecule has 1 aromatic rings. The fourth-order valence-electron chi connectivity index (χ4n) is 1.28. The molecule has 2 N–H and O–H groups in total. The summed E-state index contributed by atoms with van der Waals surface area (Å²) in [6.07, 6.45) is 2.09. The summed E-state index contributed by atoms with van der Waals surface area (Å²) in [7, 11) is -3.79. The van der Waals surface area contributed by atoms with Gasteiger partial charge in [-0.1, -0.05) is 0 Å². The lowest BCUT2D eigenvalue weighted by molar-refractivity contribution is -0.139. The van der Waals surface area contributed by atoms with Gasteiger partial charge in [-0.15, -0.1) is 11.3 Å². The van der Waals surface area contributed by atoms with E-state index in [0.717, 1.165) is 20.7 Å². The van der Waals surface area contributed by atoms with E-state index in [-0.39, 0.29) is 10.6 Å². The number of halogens is 1. The standard InChI is InChI=1S/C10H14BrNO4S3/c1-6-5-8(18-9(6)11)19(15,16)12-7(10(13)14)3-4-17-2/h5,7,12H,3-4H2,1-2H3,(H,13,14). The summed E-state index contributed by atoms with van der Waals surface area (Å²) in [6, 6.07) is 0.420. The van der Waals surface area contributed by atoms with E-state index in [1.165, 1.54) is 17.8 Å². The highest BCUT2D eigenvalue weighted by Gasteiger charge is 2.26. The van der Waals surface area contributed by atoms with Crippen molar-refractivity contribution in [1.29, 1.82) is 0 Å². The van der Waals surface area contributed by atoms with Crippen LogP contribution in [0.5, 0.6) is 0 Å². The molecule has 0 aliphatic heterocycles. The smallest absolute Gasteiger partial charge is 0.321 e. The number of hydrogen-bond donors (Lipinski definition) is 2. The van der Waals surface area contributed by atoms with Gasteiger partial charge in [0.15, 0.2) is 0 Å². The van der Waals surface area contributed by atoms with Gasteiger partial charge in [0.2, 0.25) is 0 Å². The Hall–Kier alpha value is -0.0900. The van der Waals surface area contributed by atoms with Crippen molar-refractivity contribution >= 4 is 55.0 Å². The summed E-state index contributed by atoms with van der Waals surface area (Å²) in [5.41, 5.74) is 0.807. The molecule has 1 heterocycles. The Bertz CT molecular complexity index is 536. The minimum absolute atomic E-state index is 0.118. The van der Waals surface area contributed by atoms with Crippen LogP contribution in [0.15, 0.2) is 14.1 Å². The number of carbonyl (C=O) groups is 1. The van der Waals surface area contributed by atoms with Crippen LogP contribution >= 0.6 is 39.0 Å². The van der Waals surface area contributed by atoms with Crippen LogP contribution in [0.25, 0.3) is 0 Å². The maximum absolute atomic E-state index is 12.1. The highest BCUT2D eigenvalue weighted by atomic mass is 79.9. The van der Waals surface area contributed by atoms with E-state index < -0.39 is 22.0 Å². The SMILES string of the molecule is CSCCC(NS(=O)(=O)c1cc(C)c(Br)s1)C(=O)O. The average molecular weight is 388 g/mol. The Labute approximate surface area is 129 Å². The maximum Gasteiger partial charge on any atom is 0.321 e. The zero-order chi connectivity index (χ0) is 14.6. The molecule has 19 heavy (non-hydrogen) atoms. The van der Waals surface area contributed by atoms with Crippen molar-refractivity contribution < 1.29 is 18.3 Å². The monoisotopic (exact) mass is 387 g/mol. The molecule has 0 radical (unpaired) electrons. The molecule has 5 nitrogen and oxygen atoms in total. The van der Waals surface area contributed by atoms with Crippen LogP contribution in [-0.2, 0) is 14.8 Å². The second kappa shape index (κ2) is 7.07. The molecule has 1 rings (SSSR count). The van der Waals surface area contributed by atoms with Crippen molar-refractivity contribution in [2.24, 2.45) is 0 Å². The molecule has 0 spiro atoms. The first-order chi connectivity index (χ1) is 8.77. The molecule has 108 valence electrons. The van der Waals surface area contributed by atoms with E-state index in [0.29, 0.717) is 5.75 Å². The predicted octanol–water partition coefficient (Wildman–Crippen LogP) is 2.30. The summed E-state index contributed by atoms with van der Waals surface area (Å²) in [5.74, 6) is -0.586. The van der Waals surface area contributed by atoms with Crippen molar-refractivity contribution in [2.75, 3.05) is 12.0 Å². The van der Waals surface area contributed by atoms with Crippen molar-refractivity contribution in [1.82, 2.24) is 4.72 Å². The second-order valence-electron chi connectivity index (χ2n) is 3.82. The number of carboxylic acid groups (broad SMARTS) is 1. The van der Waals surface area contributed by atoms with Gasteiger partial charge in [0.25, 0.3) is 10.0 Å². The van der Waals surface area contributed by atoms with Crippen molar-refractivity contribution in [3.63, 3.8) is 0 Å². The summed E-state index contributed by atoms with van der Waals surface area (Å²) >= 11 is 5.79. The predicted molar refractivity (Wildman–Crippen MR) is 81.5 cm³/mol. The van der Waals surface area contributed by atoms with Crippen molar-refractivity contribution in [3.05, 3.63) is 15.4 Å². The molecule has 1 aromatic heterocycles. The van der Waals surface area contributed by atoms with E-state index in [2.05, 4.69) is 20.7 Å². The number of aliphatic carboxylic acids is 1. The minimum atomic E-state index is -3.79. The van der Waals surface area contributed by atoms with Gasteiger partial charge < -0.3 is 5.11 Å². The Morgan fingerprint density at radius 3 is 2.68 bits per heavy atom. The van der Waals surface area contributed by atoms with E-state index in [1.807, 2.05) is 6.26 Å². The van der Waals surface area contributed by atoms with Gasteiger partial charge in [0.1, 0.15) is 10.3 Å². The number of carboxylic acids is 1. The Morgan fingerprint density at radius 1 is 1.63 bits per heavy atom. The Balaban J connectivity index is 2.90. The topological polar surface area (TPSA) is 83.5 Å². The number of nitrogens with one attached hydrogen (secondary N) is 1. The molecular weight excluding hydrogens is 374 g/mol. The fourth-order valence-corrected chi connectivity index (χ4v) is 5.22. The number of thioether (sulfide) groups is 1. The van der Waals surface area contributed by atoms with E-state index in [9.17, 15) is 13.2 Å². The fraction of sp³-hybridized carbons (Fsp3) is 0.500. The molecule has 0 aromatic carbocycles. The molecule has 0 aliphatic rings. The van der Waals surface area contributed by atoms with Crippen molar-refractivity contribution in [2.45, 2.75) is 23.6 Å². The first kappa shape index (κ1) is 17.0. The number of thiophene rings is 1. The van der Waals surface area contributed by atoms with Gasteiger partial charge in [-0.3, -0.25) is 4.79 Å². The molecule has 0 bridgehead atoms. The zero-order valence-corrected chi connectivity index (χ0v) is 14.4. The van der Waals surface area contributed by atoms with Gasteiger partial charge in [-0.25, -0.2) is 8.42 Å². The minimum Gasteiger partial charge on any atom is -0.480 e. The maximum atomic E-state index is 12.1. The lowest BCUT2D eigenvalue weighted by atomic mass is 10.2. The van der Waals surface area contributed by atoms with Crippen LogP contribution in [0.1, 0.15) is 12.0 Å². The molecule has 1 atom stereocenters. The molecular formula is C10H14BrNO4S3. The highest BCUT2D eigenvalue weighted by Crippen LogP contribution is 2.30. The van der Waals surface area contributed by atoms with Crippen LogP contribution in [-0.4, -0.2) is 37.5 Å². The largest absolute Gasteiger partial charge is 0.480 e. The Kier molecular flexibility index (Phi) is 6.31. The summed E-state index contributed by atoms with van der Waals surface area (Å²) in [6.45, 7) is 1.78. The number of hydrogen-bond acceptors (Lipinski definition) is 5. The van der Waals surface area contributed by atoms with E-state index in [1.54, 1.807) is 6.92 Å². The van der Waals surface area contributed by atoms with Crippen LogP contribution in [0.3, 0.4) is 0 Å². The van der Waals surface area contributed by atoms with E-state index >= 15 is 0 Å². The first-order valence-corrected chi connectivity index (χ1v) is 9.76. The lowest BCUT2D eigenvalue weighted by Crippen LogP contribution is -2.40. The zero-order valence-electron chi connectivity index (χ0n) is 10.3. The quantitative estimate of drug-likeness (QED) is 0.749. The average Bonchev–Trinajstić information content (AvgIpc) is 2.65. The normalized spacial score (nSPS) is 13.4. The molecule has 0 amide bonds. The van der Waals surface area contributed by atoms with Crippen LogP contribution in [0, 0.1) is 6.92 Å². The van der Waals surface area contributed by atoms with E-state index in [4.69, 9.17) is 5.11 Å². The van der Waals surface area contributed by atoms with Gasteiger partial charge >= 0.3 is 5.97 Å². The molecule has 0 saturated heterocycles. The number of rotatable bonds is 7. The summed E-state index contributed by atoms with van der Waals surface area (Å²) in [5, 5.41) is 9.03. The molecule has 0 fully saturated rings. The summed E-state index contributed by atoms with van der Waals surface area (Å²) in [4.78, 5) is 11.0. The number of aryl methyl sites for hydroxylation is 1. The number of sulfonamides is 1. The first-order valence-electron chi connectivity index (χ1n) is 5.28. The highest BCUT2D eigenvalue weighted by molar-refractivity contribution is 9.11. The van der Waals surface area contributed by atoms with Gasteiger partial charge in [0, 0.05) is 0 Å². The summed E-state index contributed by atoms with van der Waals surface area (Å²) < 4.78 is 27.2. The van der Waals surface area contributed by atoms with Gasteiger partial charge in [-0.2, -0.15) is 16.5 Å². The molecule has 1 unspecified atom stereocenters. The molecule has 0 aliphatic carbocycles. The third-order valence-corrected chi connectivity index (χ3v) is 7.03. The Morgan fingerprint density at radius 2 is 2.26 bits per heavy atom. The van der Waals surface area contributed by atoms with Crippen LogP contribution in [0.2, 0.25) is 0 Å².